The topological polar surface area (TPSA) is 83.5 Å². The third-order valence-corrected chi connectivity index (χ3v) is 2.68. The van der Waals surface area contributed by atoms with Crippen molar-refractivity contribution in [2.45, 2.75) is 38.8 Å². The molecule has 1 aromatic carbocycles. The molecular formula is C14H18ClN2O3. The molecule has 0 unspecified atom stereocenters. The smallest absolute Gasteiger partial charge is 0.437 e. The number of hydrogen-bond donors (Lipinski definition) is 1. The Balaban J connectivity index is 2.56. The fraction of sp³-hybridized carbons (Fsp3) is 0.429. The zero-order valence-corrected chi connectivity index (χ0v) is 12.5. The molecule has 0 saturated carbocycles. The van der Waals surface area contributed by atoms with Crippen LogP contribution in [0.2, 0.25) is 5.02 Å². The maximum absolute atomic E-state index is 11.7. The van der Waals surface area contributed by atoms with E-state index in [4.69, 9.17) is 22.1 Å². The van der Waals surface area contributed by atoms with Gasteiger partial charge < -0.3 is 10.5 Å². The Morgan fingerprint density at radius 2 is 1.95 bits per heavy atom. The van der Waals surface area contributed by atoms with Crippen LogP contribution in [0.25, 0.3) is 0 Å². The van der Waals surface area contributed by atoms with Gasteiger partial charge in [-0.05, 0) is 38.8 Å². The number of imide groups is 1. The van der Waals surface area contributed by atoms with Crippen LogP contribution in [-0.4, -0.2) is 23.6 Å². The van der Waals surface area contributed by atoms with Gasteiger partial charge in [0.05, 0.1) is 6.04 Å². The van der Waals surface area contributed by atoms with Crippen LogP contribution in [-0.2, 0) is 16.0 Å². The lowest BCUT2D eigenvalue weighted by atomic mass is 10.1. The molecule has 0 aliphatic rings. The van der Waals surface area contributed by atoms with Gasteiger partial charge in [0.15, 0.2) is 0 Å². The number of rotatable bonds is 3. The molecule has 20 heavy (non-hydrogen) atoms. The lowest BCUT2D eigenvalue weighted by Gasteiger charge is -2.19. The first-order chi connectivity index (χ1) is 9.19. The zero-order valence-electron chi connectivity index (χ0n) is 11.7. The summed E-state index contributed by atoms with van der Waals surface area (Å²) in [6.07, 6.45) is -0.720. The minimum absolute atomic E-state index is 0.213. The summed E-state index contributed by atoms with van der Waals surface area (Å²) >= 11 is 5.98. The van der Waals surface area contributed by atoms with Crippen molar-refractivity contribution < 1.29 is 14.3 Å². The van der Waals surface area contributed by atoms with Gasteiger partial charge in [0, 0.05) is 5.02 Å². The summed E-state index contributed by atoms with van der Waals surface area (Å²) in [7, 11) is 0. The van der Waals surface area contributed by atoms with Crippen LogP contribution in [0.4, 0.5) is 4.79 Å². The third kappa shape index (κ3) is 5.59. The Morgan fingerprint density at radius 3 is 2.50 bits per heavy atom. The minimum Gasteiger partial charge on any atom is -0.442 e. The number of halogens is 1. The highest BCUT2D eigenvalue weighted by Gasteiger charge is 2.24. The summed E-state index contributed by atoms with van der Waals surface area (Å²) in [6.45, 7) is 5.07. The van der Waals surface area contributed by atoms with E-state index in [0.29, 0.717) is 5.02 Å². The highest BCUT2D eigenvalue weighted by Crippen LogP contribution is 2.16. The van der Waals surface area contributed by atoms with Gasteiger partial charge in [0.25, 0.3) is 5.91 Å². The molecule has 1 atom stereocenters. The van der Waals surface area contributed by atoms with Crippen molar-refractivity contribution in [2.24, 2.45) is 5.73 Å². The van der Waals surface area contributed by atoms with Gasteiger partial charge in [0.2, 0.25) is 0 Å². The lowest BCUT2D eigenvalue weighted by molar-refractivity contribution is -0.122. The molecule has 1 rings (SSSR count). The molecule has 2 amide bonds. The molecule has 1 aromatic rings. The first-order valence-corrected chi connectivity index (χ1v) is 6.54. The summed E-state index contributed by atoms with van der Waals surface area (Å²) in [5.74, 6) is -0.723. The first kappa shape index (κ1) is 16.5. The Kier molecular flexibility index (Phi) is 5.53. The van der Waals surface area contributed by atoms with Gasteiger partial charge in [-0.15, -0.1) is 5.32 Å². The van der Waals surface area contributed by atoms with Crippen molar-refractivity contribution in [3.63, 3.8) is 0 Å². The average molecular weight is 298 g/mol. The molecule has 0 aliphatic carbocycles. The van der Waals surface area contributed by atoms with Crippen LogP contribution in [0.3, 0.4) is 0 Å². The molecule has 0 fully saturated rings. The Hall–Kier alpha value is -1.59. The van der Waals surface area contributed by atoms with Gasteiger partial charge in [-0.25, -0.2) is 4.79 Å². The van der Waals surface area contributed by atoms with Gasteiger partial charge in [-0.2, -0.15) is 0 Å². The van der Waals surface area contributed by atoms with E-state index in [1.165, 1.54) is 0 Å². The molecule has 109 valence electrons. The number of hydrogen-bond acceptors (Lipinski definition) is 4. The number of nitrogens with two attached hydrogens (primary N) is 1. The van der Waals surface area contributed by atoms with Gasteiger partial charge in [0.1, 0.15) is 5.60 Å². The van der Waals surface area contributed by atoms with Crippen LogP contribution in [0.5, 0.6) is 0 Å². The normalized spacial score (nSPS) is 12.7. The van der Waals surface area contributed by atoms with Crippen molar-refractivity contribution in [2.75, 3.05) is 0 Å². The molecule has 0 aromatic heterocycles. The van der Waals surface area contributed by atoms with Gasteiger partial charge in [-0.1, -0.05) is 29.8 Å². The zero-order chi connectivity index (χ0) is 15.3. The SMILES string of the molecule is CC(C)(C)OC(=O)[N]C(=O)[C@@H](N)Cc1ccccc1Cl. The molecule has 5 nitrogen and oxygen atoms in total. The van der Waals surface area contributed by atoms with E-state index in [9.17, 15) is 9.59 Å². The highest BCUT2D eigenvalue weighted by atomic mass is 35.5. The van der Waals surface area contributed by atoms with Crippen LogP contribution in [0.15, 0.2) is 24.3 Å². The minimum atomic E-state index is -0.933. The molecule has 2 N–H and O–H groups in total. The molecule has 0 aliphatic heterocycles. The number of carbonyl (C=O) groups is 2. The van der Waals surface area contributed by atoms with E-state index in [1.807, 2.05) is 0 Å². The number of ether oxygens (including phenoxy) is 1. The highest BCUT2D eigenvalue weighted by molar-refractivity contribution is 6.31. The second-order valence-electron chi connectivity index (χ2n) is 5.33. The summed E-state index contributed by atoms with van der Waals surface area (Å²) in [4.78, 5) is 23.1. The van der Waals surface area contributed by atoms with Crippen LogP contribution in [0.1, 0.15) is 26.3 Å². The van der Waals surface area contributed by atoms with Crippen molar-refractivity contribution >= 4 is 23.6 Å². The van der Waals surface area contributed by atoms with Crippen molar-refractivity contribution in [1.82, 2.24) is 5.32 Å². The Morgan fingerprint density at radius 1 is 1.35 bits per heavy atom. The van der Waals surface area contributed by atoms with E-state index in [2.05, 4.69) is 5.32 Å². The Labute approximate surface area is 123 Å². The first-order valence-electron chi connectivity index (χ1n) is 6.16. The number of carbonyl (C=O) groups excluding carboxylic acids is 2. The predicted molar refractivity (Wildman–Crippen MR) is 76.5 cm³/mol. The monoisotopic (exact) mass is 297 g/mol. The predicted octanol–water partition coefficient (Wildman–Crippen LogP) is 2.28. The fourth-order valence-corrected chi connectivity index (χ4v) is 1.66. The van der Waals surface area contributed by atoms with Gasteiger partial charge >= 0.3 is 6.09 Å². The number of amides is 2. The fourth-order valence-electron chi connectivity index (χ4n) is 1.45. The maximum Gasteiger partial charge on any atom is 0.437 e. The number of nitrogens with zero attached hydrogens (tertiary/aromatic N) is 1. The molecule has 1 radical (unpaired) electrons. The number of benzene rings is 1. The standard InChI is InChI=1S/C14H18ClN2O3/c1-14(2,3)20-13(19)17-12(18)11(16)8-9-6-4-5-7-10(9)15/h4-7,11H,8,16H2,1-3H3/t11-/m0/s1. The van der Waals surface area contributed by atoms with Crippen molar-refractivity contribution in [3.05, 3.63) is 34.9 Å². The van der Waals surface area contributed by atoms with Crippen LogP contribution < -0.4 is 11.1 Å². The molecule has 0 heterocycles. The summed E-state index contributed by atoms with van der Waals surface area (Å²) in [5.41, 5.74) is 5.75. The second-order valence-corrected chi connectivity index (χ2v) is 5.74. The lowest BCUT2D eigenvalue weighted by Crippen LogP contribution is -2.42. The Bertz CT molecular complexity index is 497. The van der Waals surface area contributed by atoms with E-state index in [0.717, 1.165) is 5.56 Å². The van der Waals surface area contributed by atoms with Crippen LogP contribution >= 0.6 is 11.6 Å². The largest absolute Gasteiger partial charge is 0.442 e. The summed E-state index contributed by atoms with van der Waals surface area (Å²) in [6, 6.07) is 6.12. The molecule has 6 heteroatoms. The molecule has 0 bridgehead atoms. The molecular weight excluding hydrogens is 280 g/mol. The van der Waals surface area contributed by atoms with E-state index in [1.54, 1.807) is 45.0 Å². The van der Waals surface area contributed by atoms with E-state index < -0.39 is 23.6 Å². The van der Waals surface area contributed by atoms with Gasteiger partial charge in [-0.3, -0.25) is 4.79 Å². The van der Waals surface area contributed by atoms with E-state index in [-0.39, 0.29) is 6.42 Å². The van der Waals surface area contributed by atoms with E-state index >= 15 is 0 Å². The quantitative estimate of drug-likeness (QED) is 0.927. The van der Waals surface area contributed by atoms with Crippen molar-refractivity contribution in [1.29, 1.82) is 0 Å². The molecule has 0 saturated heterocycles. The summed E-state index contributed by atoms with van der Waals surface area (Å²) in [5, 5.41) is 3.84. The summed E-state index contributed by atoms with van der Waals surface area (Å²) < 4.78 is 4.92. The molecule has 0 spiro atoms. The van der Waals surface area contributed by atoms with Crippen molar-refractivity contribution in [3.8, 4) is 0 Å². The second kappa shape index (κ2) is 6.72. The average Bonchev–Trinajstić information content (AvgIpc) is 2.29. The van der Waals surface area contributed by atoms with Crippen LogP contribution in [0, 0.1) is 0 Å². The third-order valence-electron chi connectivity index (χ3n) is 2.31. The maximum atomic E-state index is 11.7.